The first-order chi connectivity index (χ1) is 18.8. The van der Waals surface area contributed by atoms with Crippen molar-refractivity contribution in [2.24, 2.45) is 5.73 Å². The van der Waals surface area contributed by atoms with Gasteiger partial charge in [0.1, 0.15) is 11.5 Å². The molecule has 1 aromatic carbocycles. The summed E-state index contributed by atoms with van der Waals surface area (Å²) < 4.78 is 14.2. The zero-order valence-corrected chi connectivity index (χ0v) is 21.4. The lowest BCUT2D eigenvalue weighted by Gasteiger charge is -2.25. The van der Waals surface area contributed by atoms with Gasteiger partial charge in [0.25, 0.3) is 11.8 Å². The molecule has 0 atom stereocenters. The van der Waals surface area contributed by atoms with Crippen molar-refractivity contribution in [1.82, 2.24) is 19.9 Å². The second-order valence-corrected chi connectivity index (χ2v) is 9.60. The number of likely N-dealkylation sites (tertiary alicyclic amines) is 1. The SMILES string of the molecule is Cc1ncc(NC(=O)CN2CCCCC2)cc1NC(=O)c1cnc2[nH]c(-c3ccc(C(N)=O)c(F)c3)cc2c1. The Labute approximate surface area is 223 Å². The highest BCUT2D eigenvalue weighted by Gasteiger charge is 2.16. The van der Waals surface area contributed by atoms with Crippen LogP contribution < -0.4 is 16.4 Å². The molecule has 0 unspecified atom stereocenters. The number of benzene rings is 1. The number of primary amides is 1. The molecule has 4 heterocycles. The molecule has 3 amide bonds. The lowest BCUT2D eigenvalue weighted by Crippen LogP contribution is -2.36. The van der Waals surface area contributed by atoms with E-state index in [9.17, 15) is 18.8 Å². The first-order valence-corrected chi connectivity index (χ1v) is 12.7. The number of pyridine rings is 2. The van der Waals surface area contributed by atoms with E-state index in [2.05, 4.69) is 30.5 Å². The lowest BCUT2D eigenvalue weighted by atomic mass is 10.1. The molecule has 1 aliphatic rings. The van der Waals surface area contributed by atoms with Gasteiger partial charge in [0, 0.05) is 22.8 Å². The number of hydrogen-bond acceptors (Lipinski definition) is 6. The maximum Gasteiger partial charge on any atom is 0.257 e. The molecule has 1 aliphatic heterocycles. The van der Waals surface area contributed by atoms with Crippen LogP contribution in [0.1, 0.15) is 45.7 Å². The second kappa shape index (κ2) is 11.0. The number of piperidine rings is 1. The number of amides is 3. The minimum Gasteiger partial charge on any atom is -0.366 e. The van der Waals surface area contributed by atoms with E-state index < -0.39 is 17.6 Å². The highest BCUT2D eigenvalue weighted by atomic mass is 19.1. The van der Waals surface area contributed by atoms with Gasteiger partial charge in [0.15, 0.2) is 0 Å². The van der Waals surface area contributed by atoms with Gasteiger partial charge in [-0.05, 0) is 63.2 Å². The van der Waals surface area contributed by atoms with Gasteiger partial charge < -0.3 is 21.4 Å². The van der Waals surface area contributed by atoms with Gasteiger partial charge in [-0.15, -0.1) is 0 Å². The quantitative estimate of drug-likeness (QED) is 0.286. The van der Waals surface area contributed by atoms with Crippen LogP contribution in [0, 0.1) is 12.7 Å². The molecule has 1 fully saturated rings. The third kappa shape index (κ3) is 5.93. The molecule has 10 nitrogen and oxygen atoms in total. The van der Waals surface area contributed by atoms with Gasteiger partial charge >= 0.3 is 0 Å². The van der Waals surface area contributed by atoms with Crippen LogP contribution in [0.5, 0.6) is 0 Å². The number of anilines is 2. The smallest absolute Gasteiger partial charge is 0.257 e. The molecule has 1 saturated heterocycles. The van der Waals surface area contributed by atoms with E-state index in [0.29, 0.717) is 51.5 Å². The van der Waals surface area contributed by atoms with Crippen molar-refractivity contribution < 1.29 is 18.8 Å². The molecule has 0 aliphatic carbocycles. The standard InChI is InChI=1S/C28H28FN7O3/c1-16-23(12-20(14-31-16)33-25(37)15-36-7-3-2-4-8-36)35-28(39)19-9-18-11-24(34-27(18)32-13-19)17-5-6-21(26(30)38)22(29)10-17/h5-6,9-14H,2-4,7-8,15H2,1H3,(H2,30,38)(H,32,34)(H,33,37)(H,35,39). The predicted octanol–water partition coefficient (Wildman–Crippen LogP) is 3.85. The number of nitrogens with one attached hydrogen (secondary N) is 3. The van der Waals surface area contributed by atoms with Gasteiger partial charge in [0.2, 0.25) is 5.91 Å². The molecule has 3 aromatic heterocycles. The van der Waals surface area contributed by atoms with Crippen LogP contribution in [0.4, 0.5) is 15.8 Å². The molecule has 0 radical (unpaired) electrons. The summed E-state index contributed by atoms with van der Waals surface area (Å²) in [5.74, 6) is -2.09. The molecule has 11 heteroatoms. The van der Waals surface area contributed by atoms with Crippen molar-refractivity contribution in [1.29, 1.82) is 0 Å². The average Bonchev–Trinajstić information content (AvgIpc) is 3.34. The second-order valence-electron chi connectivity index (χ2n) is 9.60. The molecular weight excluding hydrogens is 501 g/mol. The molecule has 39 heavy (non-hydrogen) atoms. The molecule has 0 saturated carbocycles. The molecule has 5 N–H and O–H groups in total. The Morgan fingerprint density at radius 1 is 1.03 bits per heavy atom. The molecule has 5 rings (SSSR count). The van der Waals surface area contributed by atoms with Crippen LogP contribution in [-0.4, -0.2) is 57.2 Å². The zero-order chi connectivity index (χ0) is 27.5. The molecule has 4 aromatic rings. The number of hydrogen-bond donors (Lipinski definition) is 4. The van der Waals surface area contributed by atoms with E-state index >= 15 is 0 Å². The minimum absolute atomic E-state index is 0.123. The summed E-state index contributed by atoms with van der Waals surface area (Å²) in [6.07, 6.45) is 6.39. The maximum atomic E-state index is 14.2. The fourth-order valence-electron chi connectivity index (χ4n) is 4.62. The van der Waals surface area contributed by atoms with Crippen molar-refractivity contribution in [2.45, 2.75) is 26.2 Å². The molecule has 200 valence electrons. The van der Waals surface area contributed by atoms with E-state index in [1.165, 1.54) is 24.8 Å². The van der Waals surface area contributed by atoms with E-state index in [1.807, 2.05) is 0 Å². The molecule has 0 spiro atoms. The monoisotopic (exact) mass is 529 g/mol. The number of aryl methyl sites for hydroxylation is 1. The highest BCUT2D eigenvalue weighted by molar-refractivity contribution is 6.06. The summed E-state index contributed by atoms with van der Waals surface area (Å²) in [7, 11) is 0. The highest BCUT2D eigenvalue weighted by Crippen LogP contribution is 2.26. The number of carbonyl (C=O) groups is 3. The number of fused-ring (bicyclic) bond motifs is 1. The number of H-pyrrole nitrogens is 1. The van der Waals surface area contributed by atoms with Crippen LogP contribution in [0.3, 0.4) is 0 Å². The first-order valence-electron chi connectivity index (χ1n) is 12.7. The number of nitrogens with two attached hydrogens (primary N) is 1. The third-order valence-electron chi connectivity index (χ3n) is 6.71. The van der Waals surface area contributed by atoms with Crippen molar-refractivity contribution in [3.63, 3.8) is 0 Å². The summed E-state index contributed by atoms with van der Waals surface area (Å²) in [6, 6.07) is 9.20. The minimum atomic E-state index is -0.844. The van der Waals surface area contributed by atoms with E-state index in [0.717, 1.165) is 25.9 Å². The van der Waals surface area contributed by atoms with Crippen molar-refractivity contribution in [3.8, 4) is 11.3 Å². The Balaban J connectivity index is 1.29. The lowest BCUT2D eigenvalue weighted by molar-refractivity contribution is -0.117. The van der Waals surface area contributed by atoms with Crippen LogP contribution in [0.2, 0.25) is 0 Å². The van der Waals surface area contributed by atoms with E-state index in [4.69, 9.17) is 5.73 Å². The van der Waals surface area contributed by atoms with Crippen molar-refractivity contribution in [2.75, 3.05) is 30.3 Å². The average molecular weight is 530 g/mol. The van der Waals surface area contributed by atoms with Gasteiger partial charge in [-0.1, -0.05) is 12.5 Å². The Kier molecular flexibility index (Phi) is 7.33. The van der Waals surface area contributed by atoms with E-state index in [-0.39, 0.29) is 11.5 Å². The fourth-order valence-corrected chi connectivity index (χ4v) is 4.62. The topological polar surface area (TPSA) is 146 Å². The largest absolute Gasteiger partial charge is 0.366 e. The normalized spacial score (nSPS) is 13.8. The maximum absolute atomic E-state index is 14.2. The number of carbonyl (C=O) groups excluding carboxylic acids is 3. The van der Waals surface area contributed by atoms with Crippen LogP contribution in [-0.2, 0) is 4.79 Å². The summed E-state index contributed by atoms with van der Waals surface area (Å²) in [5.41, 5.74) is 8.43. The van der Waals surface area contributed by atoms with Crippen LogP contribution >= 0.6 is 0 Å². The number of halogens is 1. The third-order valence-corrected chi connectivity index (χ3v) is 6.71. The summed E-state index contributed by atoms with van der Waals surface area (Å²) in [4.78, 5) is 50.7. The van der Waals surface area contributed by atoms with Crippen molar-refractivity contribution >= 4 is 40.1 Å². The Hall–Kier alpha value is -4.64. The summed E-state index contributed by atoms with van der Waals surface area (Å²) in [5, 5.41) is 6.35. The molecular formula is C28H28FN7O3. The predicted molar refractivity (Wildman–Crippen MR) is 146 cm³/mol. The zero-order valence-electron chi connectivity index (χ0n) is 21.4. The van der Waals surface area contributed by atoms with Crippen LogP contribution in [0.25, 0.3) is 22.3 Å². The number of rotatable bonds is 7. The number of nitrogens with zero attached hydrogens (tertiary/aromatic N) is 3. The Bertz CT molecular complexity index is 1580. The number of aromatic amines is 1. The number of aromatic nitrogens is 3. The van der Waals surface area contributed by atoms with E-state index in [1.54, 1.807) is 37.4 Å². The molecule has 0 bridgehead atoms. The van der Waals surface area contributed by atoms with Crippen LogP contribution in [0.15, 0.2) is 48.8 Å². The van der Waals surface area contributed by atoms with Gasteiger partial charge in [0.05, 0.1) is 40.9 Å². The van der Waals surface area contributed by atoms with Gasteiger partial charge in [-0.2, -0.15) is 0 Å². The van der Waals surface area contributed by atoms with Crippen molar-refractivity contribution in [3.05, 3.63) is 71.4 Å². The fraction of sp³-hybridized carbons (Fsp3) is 0.250. The van der Waals surface area contributed by atoms with Gasteiger partial charge in [-0.25, -0.2) is 9.37 Å². The Morgan fingerprint density at radius 2 is 1.82 bits per heavy atom. The first kappa shape index (κ1) is 26.0. The van der Waals surface area contributed by atoms with Gasteiger partial charge in [-0.3, -0.25) is 24.3 Å². The Morgan fingerprint density at radius 3 is 2.56 bits per heavy atom. The summed E-state index contributed by atoms with van der Waals surface area (Å²) in [6.45, 7) is 3.92. The summed E-state index contributed by atoms with van der Waals surface area (Å²) >= 11 is 0.